The van der Waals surface area contributed by atoms with E-state index in [1.807, 2.05) is 0 Å². The molecule has 1 aliphatic rings. The standard InChI is InChI=1S/C13H19N3O3S/c14-13(15)9-10-1-3-11(4-2-10)16-20(17,18)12-5-7-19-8-6-12/h1-4,12,16H,5-9H2,(H3,14,15). The summed E-state index contributed by atoms with van der Waals surface area (Å²) < 4.78 is 32.2. The molecule has 4 N–H and O–H groups in total. The quantitative estimate of drug-likeness (QED) is 0.558. The molecule has 1 fully saturated rings. The minimum Gasteiger partial charge on any atom is -0.387 e. The first-order chi connectivity index (χ1) is 9.47. The molecule has 0 unspecified atom stereocenters. The van der Waals surface area contributed by atoms with Gasteiger partial charge in [-0.3, -0.25) is 10.1 Å². The van der Waals surface area contributed by atoms with E-state index < -0.39 is 15.3 Å². The summed E-state index contributed by atoms with van der Waals surface area (Å²) in [6, 6.07) is 6.91. The topological polar surface area (TPSA) is 105 Å². The van der Waals surface area contributed by atoms with Gasteiger partial charge in [-0.2, -0.15) is 0 Å². The first kappa shape index (κ1) is 14.8. The minimum absolute atomic E-state index is 0.0838. The monoisotopic (exact) mass is 297 g/mol. The van der Waals surface area contributed by atoms with Crippen molar-refractivity contribution in [3.05, 3.63) is 29.8 Å². The molecular weight excluding hydrogens is 278 g/mol. The molecule has 1 aromatic rings. The summed E-state index contributed by atoms with van der Waals surface area (Å²) in [5.74, 6) is 0.0838. The molecule has 0 saturated carbocycles. The molecular formula is C13H19N3O3S. The van der Waals surface area contributed by atoms with Crippen LogP contribution in [0.3, 0.4) is 0 Å². The lowest BCUT2D eigenvalue weighted by Gasteiger charge is -2.22. The smallest absolute Gasteiger partial charge is 0.235 e. The van der Waals surface area contributed by atoms with E-state index in [1.165, 1.54) is 0 Å². The summed E-state index contributed by atoms with van der Waals surface area (Å²) in [6.45, 7) is 0.978. The summed E-state index contributed by atoms with van der Waals surface area (Å²) >= 11 is 0. The molecule has 0 amide bonds. The van der Waals surface area contributed by atoms with E-state index in [4.69, 9.17) is 15.9 Å². The number of ether oxygens (including phenoxy) is 1. The van der Waals surface area contributed by atoms with Crippen LogP contribution in [0.25, 0.3) is 0 Å². The van der Waals surface area contributed by atoms with E-state index >= 15 is 0 Å². The molecule has 0 bridgehead atoms. The number of rotatable bonds is 5. The van der Waals surface area contributed by atoms with E-state index in [9.17, 15) is 8.42 Å². The first-order valence-corrected chi connectivity index (χ1v) is 8.03. The maximum Gasteiger partial charge on any atom is 0.235 e. The Kier molecular flexibility index (Phi) is 4.61. The van der Waals surface area contributed by atoms with Gasteiger partial charge in [-0.05, 0) is 30.5 Å². The number of nitrogens with one attached hydrogen (secondary N) is 2. The lowest BCUT2D eigenvalue weighted by Crippen LogP contribution is -2.33. The second-order valence-corrected chi connectivity index (χ2v) is 6.82. The van der Waals surface area contributed by atoms with Crippen molar-refractivity contribution < 1.29 is 13.2 Å². The number of nitrogens with two attached hydrogens (primary N) is 1. The van der Waals surface area contributed by atoms with Gasteiger partial charge < -0.3 is 10.5 Å². The van der Waals surface area contributed by atoms with E-state index in [1.54, 1.807) is 24.3 Å². The van der Waals surface area contributed by atoms with Crippen molar-refractivity contribution in [3.63, 3.8) is 0 Å². The Morgan fingerprint density at radius 2 is 1.90 bits per heavy atom. The Bertz CT molecular complexity index is 563. The molecule has 0 aliphatic carbocycles. The zero-order chi connectivity index (χ0) is 14.6. The molecule has 2 rings (SSSR count). The lowest BCUT2D eigenvalue weighted by molar-refractivity contribution is 0.0984. The van der Waals surface area contributed by atoms with Crippen molar-refractivity contribution in [1.82, 2.24) is 0 Å². The fourth-order valence-electron chi connectivity index (χ4n) is 2.14. The van der Waals surface area contributed by atoms with Crippen LogP contribution in [0.4, 0.5) is 5.69 Å². The molecule has 1 heterocycles. The number of hydrogen-bond acceptors (Lipinski definition) is 4. The molecule has 0 spiro atoms. The van der Waals surface area contributed by atoms with Crippen LogP contribution in [-0.4, -0.2) is 32.7 Å². The highest BCUT2D eigenvalue weighted by Crippen LogP contribution is 2.19. The molecule has 0 atom stereocenters. The molecule has 6 nitrogen and oxygen atoms in total. The Labute approximate surface area is 118 Å². The van der Waals surface area contributed by atoms with Gasteiger partial charge in [-0.1, -0.05) is 12.1 Å². The van der Waals surface area contributed by atoms with Gasteiger partial charge in [0.25, 0.3) is 0 Å². The van der Waals surface area contributed by atoms with Crippen molar-refractivity contribution in [3.8, 4) is 0 Å². The zero-order valence-corrected chi connectivity index (χ0v) is 11.9. The normalized spacial score (nSPS) is 16.8. The maximum absolute atomic E-state index is 12.2. The van der Waals surface area contributed by atoms with Crippen LogP contribution in [0.1, 0.15) is 18.4 Å². The van der Waals surface area contributed by atoms with E-state index in [0.717, 1.165) is 5.56 Å². The highest BCUT2D eigenvalue weighted by molar-refractivity contribution is 7.93. The molecule has 0 radical (unpaired) electrons. The zero-order valence-electron chi connectivity index (χ0n) is 11.1. The minimum atomic E-state index is -3.37. The van der Waals surface area contributed by atoms with Crippen molar-refractivity contribution in [1.29, 1.82) is 5.41 Å². The van der Waals surface area contributed by atoms with E-state index in [-0.39, 0.29) is 5.84 Å². The van der Waals surface area contributed by atoms with Gasteiger partial charge in [0, 0.05) is 25.3 Å². The summed E-state index contributed by atoms with van der Waals surface area (Å²) in [5, 5.41) is 6.82. The average molecular weight is 297 g/mol. The molecule has 1 aliphatic heterocycles. The van der Waals surface area contributed by atoms with Crippen LogP contribution in [0.5, 0.6) is 0 Å². The summed E-state index contributed by atoms with van der Waals surface area (Å²) in [4.78, 5) is 0. The van der Waals surface area contributed by atoms with Crippen molar-refractivity contribution in [2.45, 2.75) is 24.5 Å². The van der Waals surface area contributed by atoms with Gasteiger partial charge in [0.05, 0.1) is 11.1 Å². The molecule has 0 aromatic heterocycles. The lowest BCUT2D eigenvalue weighted by atomic mass is 10.1. The summed E-state index contributed by atoms with van der Waals surface area (Å²) in [5.41, 5.74) is 6.73. The third-order valence-electron chi connectivity index (χ3n) is 3.22. The number of anilines is 1. The highest BCUT2D eigenvalue weighted by Gasteiger charge is 2.27. The third-order valence-corrected chi connectivity index (χ3v) is 5.09. The Balaban J connectivity index is 2.03. The fraction of sp³-hybridized carbons (Fsp3) is 0.462. The summed E-state index contributed by atoms with van der Waals surface area (Å²) in [6.07, 6.45) is 1.42. The Morgan fingerprint density at radius 3 is 2.45 bits per heavy atom. The molecule has 1 aromatic carbocycles. The molecule has 20 heavy (non-hydrogen) atoms. The molecule has 7 heteroatoms. The van der Waals surface area contributed by atoms with E-state index in [2.05, 4.69) is 4.72 Å². The van der Waals surface area contributed by atoms with Crippen LogP contribution < -0.4 is 10.5 Å². The SMILES string of the molecule is N=C(N)Cc1ccc(NS(=O)(=O)C2CCOCC2)cc1. The van der Waals surface area contributed by atoms with Crippen LogP contribution in [0.2, 0.25) is 0 Å². The van der Waals surface area contributed by atoms with Crippen molar-refractivity contribution in [2.24, 2.45) is 5.73 Å². The van der Waals surface area contributed by atoms with Crippen LogP contribution >= 0.6 is 0 Å². The van der Waals surface area contributed by atoms with Crippen molar-refractivity contribution in [2.75, 3.05) is 17.9 Å². The largest absolute Gasteiger partial charge is 0.387 e. The van der Waals surface area contributed by atoms with Gasteiger partial charge in [0.1, 0.15) is 0 Å². The van der Waals surface area contributed by atoms with Crippen LogP contribution in [0.15, 0.2) is 24.3 Å². The van der Waals surface area contributed by atoms with Gasteiger partial charge >= 0.3 is 0 Å². The van der Waals surface area contributed by atoms with Crippen LogP contribution in [-0.2, 0) is 21.2 Å². The predicted molar refractivity (Wildman–Crippen MR) is 78.4 cm³/mol. The fourth-order valence-corrected chi connectivity index (χ4v) is 3.59. The van der Waals surface area contributed by atoms with Crippen LogP contribution in [0, 0.1) is 5.41 Å². The van der Waals surface area contributed by atoms with Gasteiger partial charge in [0.2, 0.25) is 10.0 Å². The first-order valence-electron chi connectivity index (χ1n) is 6.48. The molecule has 1 saturated heterocycles. The number of amidine groups is 1. The second-order valence-electron chi connectivity index (χ2n) is 4.86. The second kappa shape index (κ2) is 6.23. The average Bonchev–Trinajstić information content (AvgIpc) is 2.41. The Hall–Kier alpha value is -1.60. The van der Waals surface area contributed by atoms with Gasteiger partial charge in [-0.25, -0.2) is 8.42 Å². The third kappa shape index (κ3) is 3.94. The Morgan fingerprint density at radius 1 is 1.30 bits per heavy atom. The van der Waals surface area contributed by atoms with E-state index in [0.29, 0.717) is 38.2 Å². The summed E-state index contributed by atoms with van der Waals surface area (Å²) in [7, 11) is -3.37. The number of hydrogen-bond donors (Lipinski definition) is 3. The maximum atomic E-state index is 12.2. The van der Waals surface area contributed by atoms with Gasteiger partial charge in [-0.15, -0.1) is 0 Å². The highest BCUT2D eigenvalue weighted by atomic mass is 32.2. The number of sulfonamides is 1. The van der Waals surface area contributed by atoms with Crippen molar-refractivity contribution >= 4 is 21.5 Å². The van der Waals surface area contributed by atoms with Gasteiger partial charge in [0.15, 0.2) is 0 Å². The molecule has 110 valence electrons. The number of benzene rings is 1. The predicted octanol–water partition coefficient (Wildman–Crippen LogP) is 1.09.